The number of piperazine rings is 1. The average molecular weight is 409 g/mol. The van der Waals surface area contributed by atoms with E-state index in [1.807, 2.05) is 23.4 Å². The maximum Gasteiger partial charge on any atom is 0.224 e. The Kier molecular flexibility index (Phi) is 5.42. The van der Waals surface area contributed by atoms with Crippen LogP contribution in [0.25, 0.3) is 0 Å². The van der Waals surface area contributed by atoms with Crippen molar-refractivity contribution in [2.24, 2.45) is 0 Å². The Bertz CT molecular complexity index is 751. The Morgan fingerprint density at radius 2 is 1.80 bits per heavy atom. The molecular formula is C18H22BrFN4O. The fraction of sp³-hybridized carbons (Fsp3) is 0.444. The average Bonchev–Trinajstić information content (AvgIpc) is 2.87. The second kappa shape index (κ2) is 7.56. The molecule has 0 radical (unpaired) electrons. The monoisotopic (exact) mass is 408 g/mol. The minimum absolute atomic E-state index is 0.155. The number of aromatic nitrogens is 2. The molecule has 134 valence electrons. The molecule has 7 heteroatoms. The fourth-order valence-corrected chi connectivity index (χ4v) is 3.40. The third kappa shape index (κ3) is 4.03. The zero-order valence-corrected chi connectivity index (χ0v) is 16.1. The number of benzene rings is 1. The molecule has 3 rings (SSSR count). The van der Waals surface area contributed by atoms with Gasteiger partial charge in [0.15, 0.2) is 0 Å². The lowest BCUT2D eigenvalue weighted by atomic mass is 10.2. The summed E-state index contributed by atoms with van der Waals surface area (Å²) in [5, 5.41) is 4.45. The molecule has 1 fully saturated rings. The van der Waals surface area contributed by atoms with Crippen LogP contribution >= 0.6 is 15.9 Å². The van der Waals surface area contributed by atoms with Gasteiger partial charge >= 0.3 is 0 Å². The number of anilines is 1. The predicted molar refractivity (Wildman–Crippen MR) is 99.2 cm³/mol. The van der Waals surface area contributed by atoms with Gasteiger partial charge in [0.05, 0.1) is 16.7 Å². The Hall–Kier alpha value is -1.89. The zero-order valence-electron chi connectivity index (χ0n) is 14.5. The quantitative estimate of drug-likeness (QED) is 0.779. The van der Waals surface area contributed by atoms with Crippen molar-refractivity contribution in [2.75, 3.05) is 31.1 Å². The number of carbonyl (C=O) groups is 1. The van der Waals surface area contributed by atoms with E-state index in [4.69, 9.17) is 0 Å². The van der Waals surface area contributed by atoms with E-state index in [0.717, 1.165) is 34.6 Å². The number of aryl methyl sites for hydroxylation is 2. The zero-order chi connectivity index (χ0) is 18.0. The molecule has 2 heterocycles. The lowest BCUT2D eigenvalue weighted by Crippen LogP contribution is -2.49. The number of hydrogen-bond acceptors (Lipinski definition) is 3. The third-order valence-electron chi connectivity index (χ3n) is 4.65. The van der Waals surface area contributed by atoms with Crippen LogP contribution < -0.4 is 4.90 Å². The number of amides is 1. The molecule has 1 aromatic carbocycles. The van der Waals surface area contributed by atoms with Gasteiger partial charge in [-0.3, -0.25) is 9.48 Å². The topological polar surface area (TPSA) is 41.4 Å². The van der Waals surface area contributed by atoms with Gasteiger partial charge in [0.1, 0.15) is 5.82 Å². The van der Waals surface area contributed by atoms with Crippen molar-refractivity contribution in [3.8, 4) is 0 Å². The van der Waals surface area contributed by atoms with Crippen molar-refractivity contribution in [3.05, 3.63) is 45.9 Å². The van der Waals surface area contributed by atoms with E-state index in [0.29, 0.717) is 26.1 Å². The number of nitrogens with zero attached hydrogens (tertiary/aromatic N) is 4. The van der Waals surface area contributed by atoms with E-state index >= 15 is 0 Å². The van der Waals surface area contributed by atoms with Crippen molar-refractivity contribution in [2.45, 2.75) is 26.8 Å². The van der Waals surface area contributed by atoms with Gasteiger partial charge in [-0.2, -0.15) is 5.10 Å². The highest BCUT2D eigenvalue weighted by atomic mass is 79.9. The molecule has 1 aliphatic rings. The molecule has 1 aromatic heterocycles. The first-order valence-corrected chi connectivity index (χ1v) is 9.23. The van der Waals surface area contributed by atoms with E-state index in [1.165, 1.54) is 12.1 Å². The van der Waals surface area contributed by atoms with E-state index in [-0.39, 0.29) is 11.7 Å². The molecule has 0 spiro atoms. The highest BCUT2D eigenvalue weighted by Crippen LogP contribution is 2.20. The molecule has 0 N–H and O–H groups in total. The minimum Gasteiger partial charge on any atom is -0.368 e. The highest BCUT2D eigenvalue weighted by Gasteiger charge is 2.21. The van der Waals surface area contributed by atoms with Gasteiger partial charge in [-0.1, -0.05) is 0 Å². The molecule has 1 saturated heterocycles. The summed E-state index contributed by atoms with van der Waals surface area (Å²) in [4.78, 5) is 16.6. The first kappa shape index (κ1) is 17.9. The second-order valence-corrected chi connectivity index (χ2v) is 7.10. The summed E-state index contributed by atoms with van der Waals surface area (Å²) < 4.78 is 15.9. The van der Waals surface area contributed by atoms with Gasteiger partial charge in [0.2, 0.25) is 5.91 Å². The van der Waals surface area contributed by atoms with Gasteiger partial charge in [-0.25, -0.2) is 4.39 Å². The third-order valence-corrected chi connectivity index (χ3v) is 5.80. The summed E-state index contributed by atoms with van der Waals surface area (Å²) in [5.41, 5.74) is 2.99. The fourth-order valence-electron chi connectivity index (χ4n) is 3.12. The molecule has 1 amide bonds. The molecule has 5 nitrogen and oxygen atoms in total. The van der Waals surface area contributed by atoms with Crippen LogP contribution in [0, 0.1) is 19.7 Å². The Labute approximate surface area is 155 Å². The van der Waals surface area contributed by atoms with E-state index in [9.17, 15) is 9.18 Å². The van der Waals surface area contributed by atoms with Gasteiger partial charge < -0.3 is 9.80 Å². The van der Waals surface area contributed by atoms with E-state index in [2.05, 4.69) is 25.9 Å². The maximum atomic E-state index is 13.0. The van der Waals surface area contributed by atoms with Gasteiger partial charge in [-0.05, 0) is 54.0 Å². The van der Waals surface area contributed by atoms with Gasteiger partial charge in [0, 0.05) is 44.0 Å². The SMILES string of the molecule is Cc1nn(CCC(=O)N2CCN(c3ccc(F)cc3)CC2)c(C)c1Br. The van der Waals surface area contributed by atoms with E-state index < -0.39 is 0 Å². The summed E-state index contributed by atoms with van der Waals surface area (Å²) >= 11 is 3.51. The molecule has 2 aromatic rings. The van der Waals surface area contributed by atoms with Crippen LogP contribution in [0.1, 0.15) is 17.8 Å². The summed E-state index contributed by atoms with van der Waals surface area (Å²) in [6.07, 6.45) is 0.449. The number of carbonyl (C=O) groups excluding carboxylic acids is 1. The molecule has 0 aliphatic carbocycles. The summed E-state index contributed by atoms with van der Waals surface area (Å²) in [6, 6.07) is 6.51. The lowest BCUT2D eigenvalue weighted by molar-refractivity contribution is -0.131. The van der Waals surface area contributed by atoms with E-state index in [1.54, 1.807) is 12.1 Å². The Morgan fingerprint density at radius 3 is 2.36 bits per heavy atom. The van der Waals surface area contributed by atoms with Crippen molar-refractivity contribution < 1.29 is 9.18 Å². The standard InChI is InChI=1S/C18H22BrFN4O/c1-13-18(19)14(2)24(21-13)8-7-17(25)23-11-9-22(10-12-23)16-5-3-15(20)4-6-16/h3-6H,7-12H2,1-2H3. The van der Waals surface area contributed by atoms with Gasteiger partial charge in [-0.15, -0.1) is 0 Å². The van der Waals surface area contributed by atoms with Crippen LogP contribution in [0.5, 0.6) is 0 Å². The number of rotatable bonds is 4. The highest BCUT2D eigenvalue weighted by molar-refractivity contribution is 9.10. The summed E-state index contributed by atoms with van der Waals surface area (Å²) in [6.45, 7) is 7.45. The molecule has 0 unspecified atom stereocenters. The predicted octanol–water partition coefficient (Wildman–Crippen LogP) is 3.14. The largest absolute Gasteiger partial charge is 0.368 e. The van der Waals surface area contributed by atoms with Crippen molar-refractivity contribution in [3.63, 3.8) is 0 Å². The Balaban J connectivity index is 1.51. The molecule has 0 atom stereocenters. The first-order valence-electron chi connectivity index (χ1n) is 8.43. The Morgan fingerprint density at radius 1 is 1.16 bits per heavy atom. The molecule has 25 heavy (non-hydrogen) atoms. The first-order chi connectivity index (χ1) is 12.0. The normalized spacial score (nSPS) is 14.9. The summed E-state index contributed by atoms with van der Waals surface area (Å²) in [5.74, 6) is -0.0733. The minimum atomic E-state index is -0.228. The van der Waals surface area contributed by atoms with Gasteiger partial charge in [0.25, 0.3) is 0 Å². The molecule has 0 saturated carbocycles. The van der Waals surface area contributed by atoms with Crippen LogP contribution in [-0.2, 0) is 11.3 Å². The van der Waals surface area contributed by atoms with Crippen molar-refractivity contribution in [1.82, 2.24) is 14.7 Å². The lowest BCUT2D eigenvalue weighted by Gasteiger charge is -2.36. The smallest absolute Gasteiger partial charge is 0.224 e. The second-order valence-electron chi connectivity index (χ2n) is 6.30. The molecule has 0 bridgehead atoms. The number of hydrogen-bond donors (Lipinski definition) is 0. The van der Waals surface area contributed by atoms with Crippen LogP contribution in [0.15, 0.2) is 28.7 Å². The van der Waals surface area contributed by atoms with Crippen LogP contribution in [0.2, 0.25) is 0 Å². The number of halogens is 2. The van der Waals surface area contributed by atoms with Crippen molar-refractivity contribution >= 4 is 27.5 Å². The summed E-state index contributed by atoms with van der Waals surface area (Å²) in [7, 11) is 0. The van der Waals surface area contributed by atoms with Crippen LogP contribution in [-0.4, -0.2) is 46.8 Å². The van der Waals surface area contributed by atoms with Crippen LogP contribution in [0.3, 0.4) is 0 Å². The maximum absolute atomic E-state index is 13.0. The van der Waals surface area contributed by atoms with Crippen molar-refractivity contribution in [1.29, 1.82) is 0 Å². The van der Waals surface area contributed by atoms with Crippen LogP contribution in [0.4, 0.5) is 10.1 Å². The molecule has 1 aliphatic heterocycles. The molecular weight excluding hydrogens is 387 g/mol.